The Labute approximate surface area is 119 Å². The molecule has 0 saturated carbocycles. The molecule has 0 bridgehead atoms. The number of carbonyl (C=O) groups is 1. The van der Waals surface area contributed by atoms with Gasteiger partial charge in [0.15, 0.2) is 0 Å². The maximum absolute atomic E-state index is 11.1. The summed E-state index contributed by atoms with van der Waals surface area (Å²) in [7, 11) is 0. The van der Waals surface area contributed by atoms with Crippen LogP contribution in [0.2, 0.25) is 0 Å². The van der Waals surface area contributed by atoms with Crippen LogP contribution in [0, 0.1) is 0 Å². The first kappa shape index (κ1) is 18.4. The molecule has 0 spiro atoms. The van der Waals surface area contributed by atoms with E-state index in [0.717, 1.165) is 26.1 Å². The number of ether oxygens (including phenoxy) is 1. The second-order valence-corrected chi connectivity index (χ2v) is 5.27. The molecular formula is C16H33NO2. The summed E-state index contributed by atoms with van der Waals surface area (Å²) < 4.78 is 5.43. The average Bonchev–Trinajstić information content (AvgIpc) is 2.38. The molecule has 0 amide bonds. The molecule has 19 heavy (non-hydrogen) atoms. The Morgan fingerprint density at radius 1 is 1.00 bits per heavy atom. The Kier molecular flexibility index (Phi) is 12.1. The lowest BCUT2D eigenvalue weighted by molar-refractivity contribution is -0.147. The van der Waals surface area contributed by atoms with Gasteiger partial charge in [0, 0.05) is 13.5 Å². The minimum Gasteiger partial charge on any atom is -0.461 e. The zero-order chi connectivity index (χ0) is 14.5. The smallest absolute Gasteiger partial charge is 0.302 e. The van der Waals surface area contributed by atoms with Crippen LogP contribution in [-0.4, -0.2) is 36.6 Å². The van der Waals surface area contributed by atoms with Crippen molar-refractivity contribution in [3.05, 3.63) is 0 Å². The van der Waals surface area contributed by atoms with Gasteiger partial charge in [0.05, 0.1) is 0 Å². The highest BCUT2D eigenvalue weighted by molar-refractivity contribution is 5.66. The van der Waals surface area contributed by atoms with Gasteiger partial charge in [0.25, 0.3) is 0 Å². The molecule has 0 fully saturated rings. The highest BCUT2D eigenvalue weighted by Crippen LogP contribution is 2.12. The van der Waals surface area contributed by atoms with Gasteiger partial charge in [-0.05, 0) is 25.9 Å². The molecule has 0 aromatic heterocycles. The van der Waals surface area contributed by atoms with Crippen LogP contribution in [0.1, 0.15) is 72.6 Å². The molecular weight excluding hydrogens is 238 g/mol. The first-order valence-corrected chi connectivity index (χ1v) is 8.03. The van der Waals surface area contributed by atoms with E-state index in [1.165, 1.54) is 45.4 Å². The summed E-state index contributed by atoms with van der Waals surface area (Å²) in [5, 5.41) is 0. The number of likely N-dealkylation sites (N-methyl/N-ethyl adjacent to an activating group) is 1. The van der Waals surface area contributed by atoms with Crippen molar-refractivity contribution >= 4 is 5.97 Å². The van der Waals surface area contributed by atoms with Gasteiger partial charge >= 0.3 is 5.97 Å². The molecule has 114 valence electrons. The van der Waals surface area contributed by atoms with Crippen LogP contribution in [0.3, 0.4) is 0 Å². The number of rotatable bonds is 12. The maximum atomic E-state index is 11.1. The second-order valence-electron chi connectivity index (χ2n) is 5.27. The van der Waals surface area contributed by atoms with Gasteiger partial charge in [-0.25, -0.2) is 0 Å². The minimum atomic E-state index is -0.150. The summed E-state index contributed by atoms with van der Waals surface area (Å²) in [6.45, 7) is 11.0. The van der Waals surface area contributed by atoms with Gasteiger partial charge in [0.1, 0.15) is 6.10 Å². The van der Waals surface area contributed by atoms with E-state index in [9.17, 15) is 4.79 Å². The fourth-order valence-electron chi connectivity index (χ4n) is 2.34. The van der Waals surface area contributed by atoms with Gasteiger partial charge in [-0.3, -0.25) is 4.79 Å². The zero-order valence-electron chi connectivity index (χ0n) is 13.4. The first-order chi connectivity index (χ1) is 9.13. The lowest BCUT2D eigenvalue weighted by Gasteiger charge is -2.25. The molecule has 0 saturated heterocycles. The van der Waals surface area contributed by atoms with Crippen LogP contribution in [0.4, 0.5) is 0 Å². The van der Waals surface area contributed by atoms with Gasteiger partial charge in [-0.15, -0.1) is 0 Å². The fraction of sp³-hybridized carbons (Fsp3) is 0.938. The molecule has 0 aromatic carbocycles. The van der Waals surface area contributed by atoms with Crippen LogP contribution < -0.4 is 0 Å². The van der Waals surface area contributed by atoms with Crippen molar-refractivity contribution in [2.75, 3.05) is 19.6 Å². The molecule has 0 aromatic rings. The van der Waals surface area contributed by atoms with Gasteiger partial charge < -0.3 is 9.64 Å². The van der Waals surface area contributed by atoms with Crippen molar-refractivity contribution < 1.29 is 9.53 Å². The molecule has 0 rings (SSSR count). The molecule has 0 radical (unpaired) electrons. The monoisotopic (exact) mass is 271 g/mol. The summed E-state index contributed by atoms with van der Waals surface area (Å²) >= 11 is 0. The summed E-state index contributed by atoms with van der Waals surface area (Å²) in [4.78, 5) is 13.5. The minimum absolute atomic E-state index is 0.0728. The van der Waals surface area contributed by atoms with Gasteiger partial charge in [-0.1, -0.05) is 52.9 Å². The Hall–Kier alpha value is -0.570. The standard InChI is InChI=1S/C16H33NO2/c1-5-8-9-10-11-12-13-16(19-15(4)18)14-17(6-2)7-3/h16H,5-14H2,1-4H3. The second kappa shape index (κ2) is 12.5. The zero-order valence-corrected chi connectivity index (χ0v) is 13.4. The van der Waals surface area contributed by atoms with Crippen molar-refractivity contribution in [3.8, 4) is 0 Å². The van der Waals surface area contributed by atoms with E-state index in [-0.39, 0.29) is 12.1 Å². The SMILES string of the molecule is CCCCCCCCC(CN(CC)CC)OC(C)=O. The molecule has 0 N–H and O–H groups in total. The molecule has 0 heterocycles. The molecule has 0 aliphatic carbocycles. The lowest BCUT2D eigenvalue weighted by Crippen LogP contribution is -2.34. The third-order valence-electron chi connectivity index (χ3n) is 3.57. The Bertz CT molecular complexity index is 215. The van der Waals surface area contributed by atoms with Crippen molar-refractivity contribution in [1.29, 1.82) is 0 Å². The van der Waals surface area contributed by atoms with E-state index in [1.807, 2.05) is 0 Å². The molecule has 1 atom stereocenters. The lowest BCUT2D eigenvalue weighted by atomic mass is 10.1. The van der Waals surface area contributed by atoms with E-state index < -0.39 is 0 Å². The number of hydrogen-bond donors (Lipinski definition) is 0. The predicted octanol–water partition coefficient (Wildman–Crippen LogP) is 4.01. The van der Waals surface area contributed by atoms with E-state index in [1.54, 1.807) is 0 Å². The Morgan fingerprint density at radius 3 is 2.11 bits per heavy atom. The molecule has 0 aliphatic heterocycles. The summed E-state index contributed by atoms with van der Waals surface area (Å²) in [6.07, 6.45) is 8.78. The van der Waals surface area contributed by atoms with Crippen molar-refractivity contribution in [3.63, 3.8) is 0 Å². The van der Waals surface area contributed by atoms with E-state index in [0.29, 0.717) is 0 Å². The van der Waals surface area contributed by atoms with Gasteiger partial charge in [0.2, 0.25) is 0 Å². The number of hydrogen-bond acceptors (Lipinski definition) is 3. The van der Waals surface area contributed by atoms with Crippen LogP contribution in [0.25, 0.3) is 0 Å². The van der Waals surface area contributed by atoms with Crippen LogP contribution in [0.15, 0.2) is 0 Å². The molecule has 3 nitrogen and oxygen atoms in total. The van der Waals surface area contributed by atoms with E-state index in [2.05, 4.69) is 25.7 Å². The molecule has 3 heteroatoms. The highest BCUT2D eigenvalue weighted by atomic mass is 16.5. The highest BCUT2D eigenvalue weighted by Gasteiger charge is 2.14. The van der Waals surface area contributed by atoms with Crippen molar-refractivity contribution in [2.45, 2.75) is 78.7 Å². The Morgan fingerprint density at radius 2 is 1.58 bits per heavy atom. The normalized spacial score (nSPS) is 12.7. The van der Waals surface area contributed by atoms with Crippen molar-refractivity contribution in [1.82, 2.24) is 4.90 Å². The number of nitrogens with zero attached hydrogens (tertiary/aromatic N) is 1. The molecule has 0 aliphatic rings. The van der Waals surface area contributed by atoms with Crippen molar-refractivity contribution in [2.24, 2.45) is 0 Å². The number of carbonyl (C=O) groups excluding carboxylic acids is 1. The topological polar surface area (TPSA) is 29.5 Å². The summed E-state index contributed by atoms with van der Waals surface area (Å²) in [6, 6.07) is 0. The third-order valence-corrected chi connectivity index (χ3v) is 3.57. The quantitative estimate of drug-likeness (QED) is 0.397. The average molecular weight is 271 g/mol. The number of esters is 1. The Balaban J connectivity index is 3.89. The summed E-state index contributed by atoms with van der Waals surface area (Å²) in [5.74, 6) is -0.150. The van der Waals surface area contributed by atoms with E-state index >= 15 is 0 Å². The predicted molar refractivity (Wildman–Crippen MR) is 81.3 cm³/mol. The van der Waals surface area contributed by atoms with Crippen LogP contribution >= 0.6 is 0 Å². The fourth-order valence-corrected chi connectivity index (χ4v) is 2.34. The molecule has 1 unspecified atom stereocenters. The van der Waals surface area contributed by atoms with Gasteiger partial charge in [-0.2, -0.15) is 0 Å². The van der Waals surface area contributed by atoms with E-state index in [4.69, 9.17) is 4.74 Å². The van der Waals surface area contributed by atoms with Crippen LogP contribution in [0.5, 0.6) is 0 Å². The third kappa shape index (κ3) is 11.0. The maximum Gasteiger partial charge on any atom is 0.302 e. The first-order valence-electron chi connectivity index (χ1n) is 8.03. The number of unbranched alkanes of at least 4 members (excludes halogenated alkanes) is 5. The largest absolute Gasteiger partial charge is 0.461 e. The summed E-state index contributed by atoms with van der Waals surface area (Å²) in [5.41, 5.74) is 0. The van der Waals surface area contributed by atoms with Crippen LogP contribution in [-0.2, 0) is 9.53 Å².